The van der Waals surface area contributed by atoms with Crippen molar-refractivity contribution in [3.63, 3.8) is 0 Å². The Kier molecular flexibility index (Phi) is 2.33. The largest absolute Gasteiger partial charge is 0.224 e. The molecule has 0 saturated heterocycles. The van der Waals surface area contributed by atoms with Gasteiger partial charge in [-0.25, -0.2) is 9.97 Å². The van der Waals surface area contributed by atoms with Gasteiger partial charge in [0, 0.05) is 5.39 Å². The quantitative estimate of drug-likeness (QED) is 0.508. The zero-order chi connectivity index (χ0) is 10.3. The molecule has 4 heteroatoms. The van der Waals surface area contributed by atoms with Gasteiger partial charge in [-0.2, -0.15) is 0 Å². The first-order valence-corrected chi connectivity index (χ1v) is 4.94. The summed E-state index contributed by atoms with van der Waals surface area (Å²) in [5.74, 6) is 0. The molecular weight excluding hydrogens is 219 g/mol. The summed E-state index contributed by atoms with van der Waals surface area (Å²) in [6.07, 6.45) is 0. The number of rotatable bonds is 0. The number of hydrogen-bond acceptors (Lipinski definition) is 2. The first-order valence-electron chi connectivity index (χ1n) is 4.18. The van der Waals surface area contributed by atoms with Crippen molar-refractivity contribution >= 4 is 34.1 Å². The van der Waals surface area contributed by atoms with E-state index in [9.17, 15) is 0 Å². The topological polar surface area (TPSA) is 25.8 Å². The molecule has 2 rings (SSSR count). The minimum absolute atomic E-state index is 0.191. The standard InChI is InChI=1S/C10H8Cl2N2/c1-5-3-4-6(2)8-7(5)9(11)14-10(12)13-8/h3-4H,1-2H3. The van der Waals surface area contributed by atoms with Crippen LogP contribution in [0.2, 0.25) is 10.4 Å². The summed E-state index contributed by atoms with van der Waals surface area (Å²) >= 11 is 11.7. The maximum absolute atomic E-state index is 6.00. The van der Waals surface area contributed by atoms with E-state index in [1.54, 1.807) is 0 Å². The average molecular weight is 227 g/mol. The molecule has 0 unspecified atom stereocenters. The van der Waals surface area contributed by atoms with Crippen molar-refractivity contribution in [2.24, 2.45) is 0 Å². The summed E-state index contributed by atoms with van der Waals surface area (Å²) in [6.45, 7) is 3.95. The molecule has 0 aliphatic carbocycles. The number of aryl methyl sites for hydroxylation is 2. The normalized spacial score (nSPS) is 10.9. The van der Waals surface area contributed by atoms with E-state index in [-0.39, 0.29) is 5.28 Å². The van der Waals surface area contributed by atoms with Gasteiger partial charge in [-0.15, -0.1) is 0 Å². The van der Waals surface area contributed by atoms with E-state index in [1.807, 2.05) is 26.0 Å². The van der Waals surface area contributed by atoms with Crippen LogP contribution in [0, 0.1) is 13.8 Å². The molecule has 1 heterocycles. The predicted molar refractivity (Wildman–Crippen MR) is 59.0 cm³/mol. The van der Waals surface area contributed by atoms with E-state index in [0.717, 1.165) is 22.0 Å². The lowest BCUT2D eigenvalue weighted by Crippen LogP contribution is -1.91. The lowest BCUT2D eigenvalue weighted by molar-refractivity contribution is 1.20. The third kappa shape index (κ3) is 1.45. The van der Waals surface area contributed by atoms with Crippen LogP contribution in [-0.4, -0.2) is 9.97 Å². The number of nitrogens with zero attached hydrogens (tertiary/aromatic N) is 2. The van der Waals surface area contributed by atoms with Crippen LogP contribution in [0.5, 0.6) is 0 Å². The van der Waals surface area contributed by atoms with Crippen molar-refractivity contribution in [3.8, 4) is 0 Å². The van der Waals surface area contributed by atoms with Crippen LogP contribution < -0.4 is 0 Å². The van der Waals surface area contributed by atoms with Crippen LogP contribution in [0.4, 0.5) is 0 Å². The Hall–Kier alpha value is -0.860. The number of halogens is 2. The summed E-state index contributed by atoms with van der Waals surface area (Å²) in [7, 11) is 0. The van der Waals surface area contributed by atoms with Crippen molar-refractivity contribution in [1.29, 1.82) is 0 Å². The Balaban J connectivity index is 3.00. The highest BCUT2D eigenvalue weighted by Gasteiger charge is 2.08. The number of fused-ring (bicyclic) bond motifs is 1. The van der Waals surface area contributed by atoms with Gasteiger partial charge in [-0.3, -0.25) is 0 Å². The third-order valence-corrected chi connectivity index (χ3v) is 2.63. The Morgan fingerprint density at radius 3 is 2.36 bits per heavy atom. The zero-order valence-electron chi connectivity index (χ0n) is 7.81. The third-order valence-electron chi connectivity index (χ3n) is 2.19. The van der Waals surface area contributed by atoms with E-state index in [0.29, 0.717) is 5.15 Å². The number of aromatic nitrogens is 2. The number of benzene rings is 1. The van der Waals surface area contributed by atoms with Crippen molar-refractivity contribution in [2.75, 3.05) is 0 Å². The fourth-order valence-electron chi connectivity index (χ4n) is 1.45. The smallest absolute Gasteiger partial charge is 0.218 e. The highest BCUT2D eigenvalue weighted by Crippen LogP contribution is 2.27. The second-order valence-electron chi connectivity index (χ2n) is 3.21. The molecule has 0 aliphatic heterocycles. The van der Waals surface area contributed by atoms with Crippen LogP contribution in [0.3, 0.4) is 0 Å². The molecule has 1 aromatic carbocycles. The first kappa shape index (κ1) is 9.69. The molecule has 72 valence electrons. The Labute approximate surface area is 91.9 Å². The molecule has 0 aliphatic rings. The molecule has 1 aromatic heterocycles. The second-order valence-corrected chi connectivity index (χ2v) is 3.90. The molecule has 0 spiro atoms. The van der Waals surface area contributed by atoms with Gasteiger partial charge in [-0.05, 0) is 36.6 Å². The molecule has 2 nitrogen and oxygen atoms in total. The van der Waals surface area contributed by atoms with Crippen molar-refractivity contribution in [3.05, 3.63) is 33.7 Å². The molecule has 0 saturated carbocycles. The summed E-state index contributed by atoms with van der Waals surface area (Å²) in [5.41, 5.74) is 2.94. The molecule has 14 heavy (non-hydrogen) atoms. The number of hydrogen-bond donors (Lipinski definition) is 0. The van der Waals surface area contributed by atoms with Crippen LogP contribution in [0.25, 0.3) is 10.9 Å². The predicted octanol–water partition coefficient (Wildman–Crippen LogP) is 3.55. The first-order chi connectivity index (χ1) is 6.59. The molecule has 2 aromatic rings. The summed E-state index contributed by atoms with van der Waals surface area (Å²) in [6, 6.07) is 4.00. The lowest BCUT2D eigenvalue weighted by atomic mass is 10.1. The van der Waals surface area contributed by atoms with Crippen LogP contribution in [0.1, 0.15) is 11.1 Å². The van der Waals surface area contributed by atoms with Crippen molar-refractivity contribution < 1.29 is 0 Å². The zero-order valence-corrected chi connectivity index (χ0v) is 9.32. The maximum Gasteiger partial charge on any atom is 0.224 e. The summed E-state index contributed by atoms with van der Waals surface area (Å²) < 4.78 is 0. The molecule has 0 bridgehead atoms. The van der Waals surface area contributed by atoms with E-state index in [1.165, 1.54) is 0 Å². The molecule has 0 radical (unpaired) electrons. The Bertz CT molecular complexity index is 509. The molecule has 0 atom stereocenters. The van der Waals surface area contributed by atoms with Gasteiger partial charge < -0.3 is 0 Å². The van der Waals surface area contributed by atoms with Gasteiger partial charge in [-0.1, -0.05) is 23.7 Å². The minimum atomic E-state index is 0.191. The Morgan fingerprint density at radius 1 is 1.00 bits per heavy atom. The fraction of sp³-hybridized carbons (Fsp3) is 0.200. The van der Waals surface area contributed by atoms with Gasteiger partial charge in [0.15, 0.2) is 0 Å². The highest BCUT2D eigenvalue weighted by molar-refractivity contribution is 6.36. The minimum Gasteiger partial charge on any atom is -0.218 e. The van der Waals surface area contributed by atoms with Crippen molar-refractivity contribution in [2.45, 2.75) is 13.8 Å². The molecular formula is C10H8Cl2N2. The monoisotopic (exact) mass is 226 g/mol. The van der Waals surface area contributed by atoms with E-state index < -0.39 is 0 Å². The van der Waals surface area contributed by atoms with E-state index in [4.69, 9.17) is 23.2 Å². The van der Waals surface area contributed by atoms with Gasteiger partial charge in [0.25, 0.3) is 0 Å². The van der Waals surface area contributed by atoms with E-state index in [2.05, 4.69) is 9.97 Å². The van der Waals surface area contributed by atoms with E-state index >= 15 is 0 Å². The lowest BCUT2D eigenvalue weighted by Gasteiger charge is -2.05. The average Bonchev–Trinajstić information content (AvgIpc) is 2.10. The maximum atomic E-state index is 6.00. The fourth-order valence-corrected chi connectivity index (χ4v) is 1.99. The second kappa shape index (κ2) is 3.37. The molecule has 0 fully saturated rings. The summed E-state index contributed by atoms with van der Waals surface area (Å²) in [5, 5.41) is 1.49. The van der Waals surface area contributed by atoms with Crippen LogP contribution in [-0.2, 0) is 0 Å². The van der Waals surface area contributed by atoms with Crippen molar-refractivity contribution in [1.82, 2.24) is 9.97 Å². The highest BCUT2D eigenvalue weighted by atomic mass is 35.5. The Morgan fingerprint density at radius 2 is 1.64 bits per heavy atom. The molecule has 0 amide bonds. The van der Waals surface area contributed by atoms with Crippen LogP contribution in [0.15, 0.2) is 12.1 Å². The van der Waals surface area contributed by atoms with Gasteiger partial charge in [0.2, 0.25) is 5.28 Å². The van der Waals surface area contributed by atoms with Gasteiger partial charge >= 0.3 is 0 Å². The summed E-state index contributed by atoms with van der Waals surface area (Å²) in [4.78, 5) is 8.09. The van der Waals surface area contributed by atoms with Gasteiger partial charge in [0.05, 0.1) is 5.52 Å². The van der Waals surface area contributed by atoms with Crippen LogP contribution >= 0.6 is 23.2 Å². The molecule has 0 N–H and O–H groups in total. The van der Waals surface area contributed by atoms with Gasteiger partial charge in [0.1, 0.15) is 5.15 Å². The SMILES string of the molecule is Cc1ccc(C)c2c(Cl)nc(Cl)nc12.